The van der Waals surface area contributed by atoms with Gasteiger partial charge in [-0.1, -0.05) is 0 Å². The highest BCUT2D eigenvalue weighted by atomic mass is 32.1. The summed E-state index contributed by atoms with van der Waals surface area (Å²) in [6, 6.07) is 4.12. The number of pyridine rings is 1. The molecule has 92 valence electrons. The van der Waals surface area contributed by atoms with Crippen molar-refractivity contribution in [2.75, 3.05) is 38.3 Å². The molecule has 5 heteroatoms. The lowest BCUT2D eigenvalue weighted by Crippen LogP contribution is -2.24. The van der Waals surface area contributed by atoms with Crippen molar-refractivity contribution in [2.24, 2.45) is 0 Å². The molecule has 0 saturated heterocycles. The van der Waals surface area contributed by atoms with Gasteiger partial charge in [-0.05, 0) is 17.5 Å². The van der Waals surface area contributed by atoms with Gasteiger partial charge in [0.2, 0.25) is 0 Å². The predicted octanol–water partition coefficient (Wildman–Crippen LogP) is 1.74. The van der Waals surface area contributed by atoms with Crippen LogP contribution in [0.1, 0.15) is 0 Å². The number of hydrogen-bond acceptors (Lipinski definition) is 5. The Hall–Kier alpha value is -1.17. The number of fused-ring (bicyclic) bond motifs is 1. The SMILES string of the molecule is CN(CCOCCO)c1nccc2sccc12. The van der Waals surface area contributed by atoms with E-state index in [4.69, 9.17) is 9.84 Å². The van der Waals surface area contributed by atoms with Crippen LogP contribution < -0.4 is 4.90 Å². The lowest BCUT2D eigenvalue weighted by atomic mass is 10.3. The monoisotopic (exact) mass is 252 g/mol. The molecule has 2 aromatic rings. The van der Waals surface area contributed by atoms with E-state index in [1.165, 1.54) is 10.1 Å². The Morgan fingerprint density at radius 2 is 2.29 bits per heavy atom. The molecule has 0 amide bonds. The molecule has 2 aromatic heterocycles. The smallest absolute Gasteiger partial charge is 0.137 e. The van der Waals surface area contributed by atoms with Crippen molar-refractivity contribution < 1.29 is 9.84 Å². The van der Waals surface area contributed by atoms with E-state index in [1.54, 1.807) is 11.3 Å². The van der Waals surface area contributed by atoms with E-state index in [-0.39, 0.29) is 6.61 Å². The summed E-state index contributed by atoms with van der Waals surface area (Å²) in [7, 11) is 2.00. The van der Waals surface area contributed by atoms with Crippen LogP contribution in [0.5, 0.6) is 0 Å². The maximum Gasteiger partial charge on any atom is 0.137 e. The molecular formula is C12H16N2O2S. The zero-order valence-electron chi connectivity index (χ0n) is 9.80. The Kier molecular flexibility index (Phi) is 4.30. The van der Waals surface area contributed by atoms with Crippen LogP contribution in [-0.2, 0) is 4.74 Å². The summed E-state index contributed by atoms with van der Waals surface area (Å²) in [6.07, 6.45) is 1.83. The van der Waals surface area contributed by atoms with E-state index in [0.29, 0.717) is 13.2 Å². The predicted molar refractivity (Wildman–Crippen MR) is 70.8 cm³/mol. The molecule has 0 bridgehead atoms. The third-order valence-corrected chi connectivity index (χ3v) is 3.41. The van der Waals surface area contributed by atoms with Crippen molar-refractivity contribution in [3.63, 3.8) is 0 Å². The number of ether oxygens (including phenoxy) is 1. The van der Waals surface area contributed by atoms with Crippen molar-refractivity contribution >= 4 is 27.2 Å². The number of thiophene rings is 1. The second-order valence-corrected chi connectivity index (χ2v) is 4.67. The number of aromatic nitrogens is 1. The van der Waals surface area contributed by atoms with Crippen LogP contribution in [0.25, 0.3) is 10.1 Å². The van der Waals surface area contributed by atoms with Gasteiger partial charge in [-0.2, -0.15) is 0 Å². The third-order valence-electron chi connectivity index (χ3n) is 2.53. The average molecular weight is 252 g/mol. The highest BCUT2D eigenvalue weighted by molar-refractivity contribution is 7.17. The summed E-state index contributed by atoms with van der Waals surface area (Å²) < 4.78 is 6.50. The molecule has 0 atom stereocenters. The van der Waals surface area contributed by atoms with E-state index in [9.17, 15) is 0 Å². The highest BCUT2D eigenvalue weighted by Crippen LogP contribution is 2.27. The number of nitrogens with zero attached hydrogens (tertiary/aromatic N) is 2. The molecule has 0 unspecified atom stereocenters. The van der Waals surface area contributed by atoms with Crippen molar-refractivity contribution in [1.82, 2.24) is 4.98 Å². The fourth-order valence-corrected chi connectivity index (χ4v) is 2.43. The molecule has 1 N–H and O–H groups in total. The lowest BCUT2D eigenvalue weighted by Gasteiger charge is -2.18. The number of aliphatic hydroxyl groups excluding tert-OH is 1. The van der Waals surface area contributed by atoms with Gasteiger partial charge in [-0.3, -0.25) is 0 Å². The van der Waals surface area contributed by atoms with Crippen molar-refractivity contribution in [2.45, 2.75) is 0 Å². The van der Waals surface area contributed by atoms with E-state index in [2.05, 4.69) is 21.3 Å². The Balaban J connectivity index is 2.03. The minimum atomic E-state index is 0.0715. The molecule has 0 aliphatic carbocycles. The highest BCUT2D eigenvalue weighted by Gasteiger charge is 2.07. The molecule has 4 nitrogen and oxygen atoms in total. The van der Waals surface area contributed by atoms with Crippen molar-refractivity contribution in [3.8, 4) is 0 Å². The molecule has 0 aliphatic heterocycles. The Bertz CT molecular complexity index is 472. The Morgan fingerprint density at radius 3 is 3.12 bits per heavy atom. The van der Waals surface area contributed by atoms with Gasteiger partial charge in [0.05, 0.1) is 19.8 Å². The maximum atomic E-state index is 8.61. The van der Waals surface area contributed by atoms with Crippen LogP contribution in [-0.4, -0.2) is 43.5 Å². The molecule has 0 fully saturated rings. The first-order valence-electron chi connectivity index (χ1n) is 5.55. The maximum absolute atomic E-state index is 8.61. The van der Waals surface area contributed by atoms with E-state index in [1.807, 2.05) is 19.3 Å². The van der Waals surface area contributed by atoms with Gasteiger partial charge in [-0.25, -0.2) is 4.98 Å². The fourth-order valence-electron chi connectivity index (χ4n) is 1.66. The number of hydrogen-bond donors (Lipinski definition) is 1. The normalized spacial score (nSPS) is 10.9. The first kappa shape index (κ1) is 12.3. The first-order valence-corrected chi connectivity index (χ1v) is 6.43. The molecule has 0 radical (unpaired) electrons. The second-order valence-electron chi connectivity index (χ2n) is 3.72. The van der Waals surface area contributed by atoms with Gasteiger partial charge in [0, 0.05) is 29.9 Å². The average Bonchev–Trinajstić information content (AvgIpc) is 2.82. The van der Waals surface area contributed by atoms with Crippen LogP contribution >= 0.6 is 11.3 Å². The summed E-state index contributed by atoms with van der Waals surface area (Å²) in [5, 5.41) is 11.9. The number of anilines is 1. The summed E-state index contributed by atoms with van der Waals surface area (Å²) in [5.41, 5.74) is 0. The molecule has 0 aromatic carbocycles. The molecule has 0 saturated carbocycles. The largest absolute Gasteiger partial charge is 0.394 e. The molecular weight excluding hydrogens is 236 g/mol. The van der Waals surface area contributed by atoms with Crippen LogP contribution in [0.3, 0.4) is 0 Å². The topological polar surface area (TPSA) is 45.6 Å². The summed E-state index contributed by atoms with van der Waals surface area (Å²) >= 11 is 1.72. The lowest BCUT2D eigenvalue weighted by molar-refractivity contribution is 0.0971. The van der Waals surface area contributed by atoms with E-state index >= 15 is 0 Å². The Labute approximate surface area is 104 Å². The van der Waals surface area contributed by atoms with Gasteiger partial charge in [0.1, 0.15) is 5.82 Å². The number of likely N-dealkylation sites (N-methyl/N-ethyl adjacent to an activating group) is 1. The van der Waals surface area contributed by atoms with Crippen LogP contribution in [0.15, 0.2) is 23.7 Å². The first-order chi connectivity index (χ1) is 8.33. The van der Waals surface area contributed by atoms with Gasteiger partial charge in [0.15, 0.2) is 0 Å². The van der Waals surface area contributed by atoms with Gasteiger partial charge >= 0.3 is 0 Å². The zero-order valence-corrected chi connectivity index (χ0v) is 10.6. The van der Waals surface area contributed by atoms with Gasteiger partial charge < -0.3 is 14.7 Å². The second kappa shape index (κ2) is 5.95. The molecule has 0 aliphatic rings. The molecule has 0 spiro atoms. The summed E-state index contributed by atoms with van der Waals surface area (Å²) in [4.78, 5) is 6.48. The standard InChI is InChI=1S/C12H16N2O2S/c1-14(5-7-16-8-6-15)12-10-3-9-17-11(10)2-4-13-12/h2-4,9,15H,5-8H2,1H3. The van der Waals surface area contributed by atoms with Crippen LogP contribution in [0.2, 0.25) is 0 Å². The number of aliphatic hydroxyl groups is 1. The molecule has 2 rings (SSSR count). The minimum absolute atomic E-state index is 0.0715. The van der Waals surface area contributed by atoms with E-state index in [0.717, 1.165) is 12.4 Å². The molecule has 2 heterocycles. The van der Waals surface area contributed by atoms with E-state index < -0.39 is 0 Å². The summed E-state index contributed by atoms with van der Waals surface area (Å²) in [6.45, 7) is 1.83. The van der Waals surface area contributed by atoms with Gasteiger partial charge in [0.25, 0.3) is 0 Å². The van der Waals surface area contributed by atoms with Crippen LogP contribution in [0.4, 0.5) is 5.82 Å². The minimum Gasteiger partial charge on any atom is -0.394 e. The van der Waals surface area contributed by atoms with Crippen molar-refractivity contribution in [1.29, 1.82) is 0 Å². The van der Waals surface area contributed by atoms with Gasteiger partial charge in [-0.15, -0.1) is 11.3 Å². The fraction of sp³-hybridized carbons (Fsp3) is 0.417. The third kappa shape index (κ3) is 2.94. The quantitative estimate of drug-likeness (QED) is 0.795. The van der Waals surface area contributed by atoms with Crippen molar-refractivity contribution in [3.05, 3.63) is 23.7 Å². The Morgan fingerprint density at radius 1 is 1.41 bits per heavy atom. The summed E-state index contributed by atoms with van der Waals surface area (Å²) in [5.74, 6) is 0.983. The van der Waals surface area contributed by atoms with Crippen LogP contribution in [0, 0.1) is 0 Å². The number of rotatable bonds is 6. The zero-order chi connectivity index (χ0) is 12.1. The molecule has 17 heavy (non-hydrogen) atoms.